The second-order valence-corrected chi connectivity index (χ2v) is 5.45. The molecule has 0 unspecified atom stereocenters. The molecule has 0 radical (unpaired) electrons. The second-order valence-electron chi connectivity index (χ2n) is 5.45. The highest BCUT2D eigenvalue weighted by Crippen LogP contribution is 2.23. The molecule has 0 bridgehead atoms. The van der Waals surface area contributed by atoms with E-state index in [9.17, 15) is 9.90 Å². The fraction of sp³-hybridized carbons (Fsp3) is 0.312. The van der Waals surface area contributed by atoms with Gasteiger partial charge in [-0.3, -0.25) is 4.79 Å². The van der Waals surface area contributed by atoms with Gasteiger partial charge < -0.3 is 32.1 Å². The molecule has 7 N–H and O–H groups in total. The third kappa shape index (κ3) is 3.88. The van der Waals surface area contributed by atoms with Crippen LogP contribution >= 0.6 is 0 Å². The van der Waals surface area contributed by atoms with E-state index in [4.69, 9.17) is 17.2 Å². The summed E-state index contributed by atoms with van der Waals surface area (Å²) in [6.07, 6.45) is 1.66. The highest BCUT2D eigenvalue weighted by Gasteiger charge is 2.21. The lowest BCUT2D eigenvalue weighted by molar-refractivity contribution is -0.130. The van der Waals surface area contributed by atoms with Crippen molar-refractivity contribution in [1.29, 1.82) is 0 Å². The van der Waals surface area contributed by atoms with Crippen LogP contribution in [0.15, 0.2) is 41.9 Å². The molecule has 2 rings (SSSR count). The van der Waals surface area contributed by atoms with E-state index in [1.807, 2.05) is 4.90 Å². The first kappa shape index (κ1) is 16.5. The predicted molar refractivity (Wildman–Crippen MR) is 89.5 cm³/mol. The van der Waals surface area contributed by atoms with Crippen molar-refractivity contribution in [2.45, 2.75) is 6.92 Å². The minimum absolute atomic E-state index is 0.0557. The monoisotopic (exact) mass is 317 g/mol. The van der Waals surface area contributed by atoms with Crippen LogP contribution in [0.2, 0.25) is 0 Å². The highest BCUT2D eigenvalue weighted by molar-refractivity contribution is 5.73. The van der Waals surface area contributed by atoms with Gasteiger partial charge in [-0.15, -0.1) is 0 Å². The van der Waals surface area contributed by atoms with Crippen molar-refractivity contribution in [3.63, 3.8) is 0 Å². The number of benzene rings is 1. The van der Waals surface area contributed by atoms with Gasteiger partial charge in [0.15, 0.2) is 0 Å². The number of carbonyl (C=O) groups is 1. The highest BCUT2D eigenvalue weighted by atomic mass is 16.3. The summed E-state index contributed by atoms with van der Waals surface area (Å²) in [4.78, 5) is 15.2. The zero-order chi connectivity index (χ0) is 17.0. The molecule has 1 aliphatic rings. The second kappa shape index (κ2) is 6.95. The summed E-state index contributed by atoms with van der Waals surface area (Å²) >= 11 is 0. The number of nitrogens with zero attached hydrogens (tertiary/aromatic N) is 2. The van der Waals surface area contributed by atoms with E-state index in [2.05, 4.69) is 0 Å². The topological polar surface area (TPSA) is 122 Å². The third-order valence-electron chi connectivity index (χ3n) is 3.87. The van der Waals surface area contributed by atoms with Gasteiger partial charge in [-0.05, 0) is 18.2 Å². The number of amides is 1. The molecule has 0 saturated carbocycles. The predicted octanol–water partition coefficient (Wildman–Crippen LogP) is -0.0576. The molecular formula is C16H23N5O2. The molecule has 124 valence electrons. The minimum atomic E-state index is 0.0557. The van der Waals surface area contributed by atoms with Crippen LogP contribution in [0.3, 0.4) is 0 Å². The van der Waals surface area contributed by atoms with Gasteiger partial charge in [0, 0.05) is 44.4 Å². The Bertz CT molecular complexity index is 642. The van der Waals surface area contributed by atoms with Gasteiger partial charge in [0.1, 0.15) is 11.6 Å². The quantitative estimate of drug-likeness (QED) is 0.580. The van der Waals surface area contributed by atoms with Crippen LogP contribution in [0.4, 0.5) is 0 Å². The number of nitrogens with two attached hydrogens (primary N) is 3. The number of rotatable bonds is 3. The number of aromatic hydroxyl groups is 1. The van der Waals surface area contributed by atoms with Gasteiger partial charge in [0.2, 0.25) is 5.91 Å². The number of hydrogen-bond donors (Lipinski definition) is 4. The molecule has 1 aromatic rings. The summed E-state index contributed by atoms with van der Waals surface area (Å²) in [5, 5.41) is 9.88. The largest absolute Gasteiger partial charge is 0.507 e. The first-order valence-corrected chi connectivity index (χ1v) is 7.41. The Morgan fingerprint density at radius 2 is 1.65 bits per heavy atom. The van der Waals surface area contributed by atoms with Crippen LogP contribution in [0.25, 0.3) is 5.70 Å². The van der Waals surface area contributed by atoms with Crippen molar-refractivity contribution in [2.75, 3.05) is 26.2 Å². The number of allylic oxidation sites excluding steroid dienone is 1. The van der Waals surface area contributed by atoms with Gasteiger partial charge in [0.25, 0.3) is 0 Å². The van der Waals surface area contributed by atoms with E-state index < -0.39 is 0 Å². The molecule has 1 saturated heterocycles. The maximum Gasteiger partial charge on any atom is 0.219 e. The number of phenolic OH excluding ortho intramolecular Hbond substituents is 1. The fourth-order valence-electron chi connectivity index (χ4n) is 2.56. The van der Waals surface area contributed by atoms with Crippen LogP contribution in [-0.4, -0.2) is 47.0 Å². The normalized spacial score (nSPS) is 15.4. The molecule has 1 heterocycles. The lowest BCUT2D eigenvalue weighted by atomic mass is 10.1. The average molecular weight is 317 g/mol. The molecule has 1 fully saturated rings. The molecule has 0 spiro atoms. The van der Waals surface area contributed by atoms with Gasteiger partial charge in [-0.2, -0.15) is 0 Å². The van der Waals surface area contributed by atoms with E-state index in [1.54, 1.807) is 42.2 Å². The maximum absolute atomic E-state index is 11.4. The SMILES string of the molecule is CC(=O)N1CCN(C(/C=C(\N)c2ccccc2O)=C(N)N)CC1. The van der Waals surface area contributed by atoms with Crippen LogP contribution < -0.4 is 17.2 Å². The Kier molecular flexibility index (Phi) is 5.00. The average Bonchev–Trinajstić information content (AvgIpc) is 2.52. The molecule has 0 atom stereocenters. The van der Waals surface area contributed by atoms with E-state index in [0.717, 1.165) is 0 Å². The summed E-state index contributed by atoms with van der Waals surface area (Å²) < 4.78 is 0. The molecular weight excluding hydrogens is 294 g/mol. The van der Waals surface area contributed by atoms with Crippen molar-refractivity contribution in [2.24, 2.45) is 17.2 Å². The Morgan fingerprint density at radius 3 is 2.17 bits per heavy atom. The van der Waals surface area contributed by atoms with Crippen LogP contribution in [-0.2, 0) is 4.79 Å². The van der Waals surface area contributed by atoms with Crippen molar-refractivity contribution in [1.82, 2.24) is 9.80 Å². The zero-order valence-electron chi connectivity index (χ0n) is 13.2. The molecule has 7 heteroatoms. The smallest absolute Gasteiger partial charge is 0.219 e. The summed E-state index contributed by atoms with van der Waals surface area (Å²) in [5.74, 6) is 0.303. The molecule has 7 nitrogen and oxygen atoms in total. The number of carbonyl (C=O) groups excluding carboxylic acids is 1. The minimum Gasteiger partial charge on any atom is -0.507 e. The number of piperazine rings is 1. The lowest BCUT2D eigenvalue weighted by Crippen LogP contribution is -2.48. The number of para-hydroxylation sites is 1. The van der Waals surface area contributed by atoms with E-state index in [1.165, 1.54) is 0 Å². The Labute approximate surface area is 135 Å². The zero-order valence-corrected chi connectivity index (χ0v) is 13.2. The third-order valence-corrected chi connectivity index (χ3v) is 3.87. The lowest BCUT2D eigenvalue weighted by Gasteiger charge is -2.36. The maximum atomic E-state index is 11.4. The molecule has 1 amide bonds. The van der Waals surface area contributed by atoms with Crippen LogP contribution in [0.1, 0.15) is 12.5 Å². The van der Waals surface area contributed by atoms with Crippen LogP contribution in [0, 0.1) is 0 Å². The summed E-state index contributed by atoms with van der Waals surface area (Å²) in [6, 6.07) is 6.80. The fourth-order valence-corrected chi connectivity index (χ4v) is 2.56. The van der Waals surface area contributed by atoms with Crippen molar-refractivity contribution < 1.29 is 9.90 Å². The van der Waals surface area contributed by atoms with E-state index in [-0.39, 0.29) is 17.5 Å². The first-order valence-electron chi connectivity index (χ1n) is 7.41. The van der Waals surface area contributed by atoms with Gasteiger partial charge >= 0.3 is 0 Å². The van der Waals surface area contributed by atoms with Crippen LogP contribution in [0.5, 0.6) is 5.75 Å². The van der Waals surface area contributed by atoms with Crippen molar-refractivity contribution >= 4 is 11.6 Å². The van der Waals surface area contributed by atoms with E-state index >= 15 is 0 Å². The summed E-state index contributed by atoms with van der Waals surface area (Å²) in [7, 11) is 0. The first-order chi connectivity index (χ1) is 10.9. The number of hydrogen-bond acceptors (Lipinski definition) is 6. The molecule has 1 aromatic carbocycles. The Balaban J connectivity index is 2.21. The van der Waals surface area contributed by atoms with Gasteiger partial charge in [-0.1, -0.05) is 12.1 Å². The standard InChI is InChI=1S/C16H23N5O2/c1-11(22)20-6-8-21(9-7-20)14(16(18)19)10-13(17)12-4-2-3-5-15(12)23/h2-5,10,23H,6-9,17-19H2,1H3/b13-10-. The molecule has 23 heavy (non-hydrogen) atoms. The molecule has 0 aliphatic carbocycles. The molecule has 1 aliphatic heterocycles. The Morgan fingerprint density at radius 1 is 1.09 bits per heavy atom. The number of phenols is 1. The van der Waals surface area contributed by atoms with Gasteiger partial charge in [-0.25, -0.2) is 0 Å². The van der Waals surface area contributed by atoms with E-state index in [0.29, 0.717) is 43.1 Å². The summed E-state index contributed by atoms with van der Waals surface area (Å²) in [5.41, 5.74) is 19.2. The van der Waals surface area contributed by atoms with Gasteiger partial charge in [0.05, 0.1) is 5.70 Å². The van der Waals surface area contributed by atoms with Crippen molar-refractivity contribution in [3.05, 3.63) is 47.4 Å². The summed E-state index contributed by atoms with van der Waals surface area (Å²) in [6.45, 7) is 4.02. The van der Waals surface area contributed by atoms with Crippen molar-refractivity contribution in [3.8, 4) is 5.75 Å². The molecule has 0 aromatic heterocycles. The Hall–Kier alpha value is -2.83.